The van der Waals surface area contributed by atoms with Gasteiger partial charge in [0.05, 0.1) is 18.4 Å². The fourth-order valence-electron chi connectivity index (χ4n) is 0.810. The summed E-state index contributed by atoms with van der Waals surface area (Å²) >= 11 is 0. The van der Waals surface area contributed by atoms with Crippen LogP contribution >= 0.6 is 0 Å². The molecule has 0 saturated carbocycles. The third-order valence-corrected chi connectivity index (χ3v) is 2.48. The van der Waals surface area contributed by atoms with E-state index < -0.39 is 21.7 Å². The molecular weight excluding hydrogens is 206 g/mol. The van der Waals surface area contributed by atoms with Crippen molar-refractivity contribution in [2.24, 2.45) is 5.92 Å². The first-order valence-electron chi connectivity index (χ1n) is 4.14. The highest BCUT2D eigenvalue weighted by Crippen LogP contribution is 2.06. The van der Waals surface area contributed by atoms with E-state index >= 15 is 0 Å². The molecule has 80 valence electrons. The number of sulfone groups is 1. The van der Waals surface area contributed by atoms with E-state index in [1.807, 2.05) is 0 Å². The Balaban J connectivity index is 4.19. The zero-order valence-electron chi connectivity index (χ0n) is 8.19. The second-order valence-corrected chi connectivity index (χ2v) is 5.11. The molecule has 0 bridgehead atoms. The van der Waals surface area contributed by atoms with Crippen LogP contribution in [-0.4, -0.2) is 33.0 Å². The number of carbonyl (C=O) groups is 1. The zero-order valence-corrected chi connectivity index (χ0v) is 9.00. The Morgan fingerprint density at radius 2 is 2.14 bits per heavy atom. The number of hydrogen-bond acceptors (Lipinski definition) is 5. The minimum Gasteiger partial charge on any atom is -0.465 e. The molecule has 0 aromatic heterocycles. The highest BCUT2D eigenvalue weighted by atomic mass is 32.2. The van der Waals surface area contributed by atoms with Gasteiger partial charge in [-0.15, -0.1) is 0 Å². The maximum absolute atomic E-state index is 11.1. The number of carbonyl (C=O) groups excluding carboxylic acids is 1. The number of nitriles is 1. The first-order chi connectivity index (χ1) is 6.40. The van der Waals surface area contributed by atoms with Gasteiger partial charge in [-0.1, -0.05) is 0 Å². The van der Waals surface area contributed by atoms with Crippen molar-refractivity contribution >= 4 is 15.8 Å². The first kappa shape index (κ1) is 12.9. The lowest BCUT2D eigenvalue weighted by atomic mass is 10.1. The SMILES string of the molecule is CCOC(=O)C(C#N)CCS(C)(=O)=O. The Labute approximate surface area is 83.6 Å². The van der Waals surface area contributed by atoms with E-state index in [0.717, 1.165) is 6.26 Å². The molecule has 0 aliphatic heterocycles. The van der Waals surface area contributed by atoms with Crippen molar-refractivity contribution in [3.8, 4) is 6.07 Å². The lowest BCUT2D eigenvalue weighted by Crippen LogP contribution is -2.19. The van der Waals surface area contributed by atoms with Crippen LogP contribution in [0.3, 0.4) is 0 Å². The lowest BCUT2D eigenvalue weighted by Gasteiger charge is -2.06. The van der Waals surface area contributed by atoms with E-state index in [0.29, 0.717) is 0 Å². The van der Waals surface area contributed by atoms with E-state index in [1.165, 1.54) is 0 Å². The molecule has 0 aromatic carbocycles. The number of ether oxygens (including phenoxy) is 1. The molecule has 0 heterocycles. The van der Waals surface area contributed by atoms with Crippen LogP contribution < -0.4 is 0 Å². The van der Waals surface area contributed by atoms with Crippen LogP contribution in [-0.2, 0) is 19.4 Å². The van der Waals surface area contributed by atoms with E-state index in [1.54, 1.807) is 13.0 Å². The maximum Gasteiger partial charge on any atom is 0.323 e. The summed E-state index contributed by atoms with van der Waals surface area (Å²) in [6, 6.07) is 1.72. The van der Waals surface area contributed by atoms with Gasteiger partial charge >= 0.3 is 5.97 Å². The van der Waals surface area contributed by atoms with E-state index in [2.05, 4.69) is 4.74 Å². The monoisotopic (exact) mass is 219 g/mol. The molecule has 0 saturated heterocycles. The van der Waals surface area contributed by atoms with E-state index in [4.69, 9.17) is 5.26 Å². The van der Waals surface area contributed by atoms with Gasteiger partial charge < -0.3 is 4.74 Å². The van der Waals surface area contributed by atoms with E-state index in [-0.39, 0.29) is 18.8 Å². The highest BCUT2D eigenvalue weighted by Gasteiger charge is 2.20. The Morgan fingerprint density at radius 1 is 1.57 bits per heavy atom. The van der Waals surface area contributed by atoms with Crippen LogP contribution in [0.25, 0.3) is 0 Å². The molecule has 6 heteroatoms. The Hall–Kier alpha value is -1.09. The molecule has 1 unspecified atom stereocenters. The normalized spacial score (nSPS) is 12.9. The van der Waals surface area contributed by atoms with Crippen LogP contribution in [0.1, 0.15) is 13.3 Å². The molecule has 0 aliphatic rings. The highest BCUT2D eigenvalue weighted by molar-refractivity contribution is 7.90. The topological polar surface area (TPSA) is 84.2 Å². The van der Waals surface area contributed by atoms with Crippen molar-refractivity contribution in [2.75, 3.05) is 18.6 Å². The summed E-state index contributed by atoms with van der Waals surface area (Å²) < 4.78 is 26.1. The fourth-order valence-corrected chi connectivity index (χ4v) is 1.47. The lowest BCUT2D eigenvalue weighted by molar-refractivity contribution is -0.146. The Morgan fingerprint density at radius 3 is 2.50 bits per heavy atom. The molecule has 0 fully saturated rings. The van der Waals surface area contributed by atoms with Crippen LogP contribution in [0.15, 0.2) is 0 Å². The summed E-state index contributed by atoms with van der Waals surface area (Å²) in [7, 11) is -3.14. The largest absolute Gasteiger partial charge is 0.465 e. The van der Waals surface area contributed by atoms with Crippen molar-refractivity contribution < 1.29 is 17.9 Å². The maximum atomic E-state index is 11.1. The van der Waals surface area contributed by atoms with Crippen molar-refractivity contribution in [3.05, 3.63) is 0 Å². The average molecular weight is 219 g/mol. The van der Waals surface area contributed by atoms with Gasteiger partial charge in [-0.3, -0.25) is 4.79 Å². The van der Waals surface area contributed by atoms with Crippen molar-refractivity contribution in [2.45, 2.75) is 13.3 Å². The molecule has 0 radical (unpaired) electrons. The van der Waals surface area contributed by atoms with Gasteiger partial charge in [-0.05, 0) is 13.3 Å². The standard InChI is InChI=1S/C8H13NO4S/c1-3-13-8(10)7(6-9)4-5-14(2,11)12/h7H,3-5H2,1-2H3. The van der Waals surface area contributed by atoms with Gasteiger partial charge in [0.2, 0.25) is 0 Å². The minimum atomic E-state index is -3.14. The van der Waals surface area contributed by atoms with Crippen molar-refractivity contribution in [1.82, 2.24) is 0 Å². The molecule has 0 aliphatic carbocycles. The number of nitrogens with zero attached hydrogens (tertiary/aromatic N) is 1. The van der Waals surface area contributed by atoms with Crippen molar-refractivity contribution in [3.63, 3.8) is 0 Å². The summed E-state index contributed by atoms with van der Waals surface area (Å²) in [4.78, 5) is 11.1. The van der Waals surface area contributed by atoms with Crippen molar-refractivity contribution in [1.29, 1.82) is 5.26 Å². The molecule has 0 rings (SSSR count). The quantitative estimate of drug-likeness (QED) is 0.613. The third-order valence-electron chi connectivity index (χ3n) is 1.50. The summed E-state index contributed by atoms with van der Waals surface area (Å²) in [5.74, 6) is -1.81. The van der Waals surface area contributed by atoms with Crippen LogP contribution in [0, 0.1) is 17.2 Å². The van der Waals surface area contributed by atoms with Crippen LogP contribution in [0.2, 0.25) is 0 Å². The van der Waals surface area contributed by atoms with E-state index in [9.17, 15) is 13.2 Å². The summed E-state index contributed by atoms with van der Waals surface area (Å²) in [5, 5.41) is 8.57. The molecule has 5 nitrogen and oxygen atoms in total. The summed E-state index contributed by atoms with van der Waals surface area (Å²) in [6.45, 7) is 1.82. The first-order valence-corrected chi connectivity index (χ1v) is 6.20. The van der Waals surface area contributed by atoms with Gasteiger partial charge in [0, 0.05) is 6.26 Å². The van der Waals surface area contributed by atoms with Gasteiger partial charge in [-0.2, -0.15) is 5.26 Å². The molecule has 0 amide bonds. The predicted molar refractivity (Wildman–Crippen MR) is 50.1 cm³/mol. The summed E-state index contributed by atoms with van der Waals surface area (Å²) in [5.41, 5.74) is 0. The average Bonchev–Trinajstić information content (AvgIpc) is 2.03. The second-order valence-electron chi connectivity index (χ2n) is 2.85. The molecule has 1 atom stereocenters. The van der Waals surface area contributed by atoms with Gasteiger partial charge in [0.15, 0.2) is 0 Å². The second kappa shape index (κ2) is 5.60. The number of hydrogen-bond donors (Lipinski definition) is 0. The van der Waals surface area contributed by atoms with Gasteiger partial charge in [-0.25, -0.2) is 8.42 Å². The van der Waals surface area contributed by atoms with Gasteiger partial charge in [0.1, 0.15) is 15.8 Å². The molecule has 14 heavy (non-hydrogen) atoms. The minimum absolute atomic E-state index is 0.00579. The zero-order chi connectivity index (χ0) is 11.2. The third kappa shape index (κ3) is 5.54. The van der Waals surface area contributed by atoms with Gasteiger partial charge in [0.25, 0.3) is 0 Å². The smallest absolute Gasteiger partial charge is 0.323 e. The molecule has 0 N–H and O–H groups in total. The number of rotatable bonds is 5. The molecular formula is C8H13NO4S. The predicted octanol–water partition coefficient (Wildman–Crippen LogP) is 0.124. The molecule has 0 spiro atoms. The molecule has 0 aromatic rings. The Bertz CT molecular complexity index is 328. The van der Waals surface area contributed by atoms with Crippen LogP contribution in [0.4, 0.5) is 0 Å². The van der Waals surface area contributed by atoms with Crippen LogP contribution in [0.5, 0.6) is 0 Å². The Kier molecular flexibility index (Phi) is 5.16. The number of esters is 1. The summed E-state index contributed by atoms with van der Waals surface area (Å²) in [6.07, 6.45) is 1.06. The fraction of sp³-hybridized carbons (Fsp3) is 0.750.